The van der Waals surface area contributed by atoms with Gasteiger partial charge in [0.1, 0.15) is 11.6 Å². The third-order valence-electron chi connectivity index (χ3n) is 4.53. The third kappa shape index (κ3) is 7.13. The highest BCUT2D eigenvalue weighted by atomic mass is 32.2. The number of benzene rings is 1. The van der Waals surface area contributed by atoms with Crippen molar-refractivity contribution < 1.29 is 31.5 Å². The van der Waals surface area contributed by atoms with Crippen LogP contribution in [0.3, 0.4) is 0 Å². The normalized spacial score (nSPS) is 11.6. The van der Waals surface area contributed by atoms with E-state index in [2.05, 4.69) is 25.7 Å². The van der Waals surface area contributed by atoms with Crippen LogP contribution in [-0.2, 0) is 21.9 Å². The Hall–Kier alpha value is -3.72. The lowest BCUT2D eigenvalue weighted by molar-refractivity contribution is -0.192. The molecule has 3 N–H and O–H groups in total. The molecule has 0 unspecified atom stereocenters. The van der Waals surface area contributed by atoms with Gasteiger partial charge in [0.25, 0.3) is 0 Å². The third-order valence-corrected chi connectivity index (χ3v) is 6.35. The van der Waals surface area contributed by atoms with Crippen LogP contribution in [-0.4, -0.2) is 63.8 Å². The average Bonchev–Trinajstić information content (AvgIpc) is 3.00. The minimum atomic E-state index is -5.08. The van der Waals surface area contributed by atoms with Gasteiger partial charge in [-0.05, 0) is 38.1 Å². The first kappa shape index (κ1) is 27.5. The van der Waals surface area contributed by atoms with Crippen LogP contribution in [0.5, 0.6) is 0 Å². The highest BCUT2D eigenvalue weighted by molar-refractivity contribution is 7.89. The number of rotatable bonds is 6. The summed E-state index contributed by atoms with van der Waals surface area (Å²) in [5.74, 6) is -0.963. The molecule has 1 aromatic carbocycles. The summed E-state index contributed by atoms with van der Waals surface area (Å²) in [6.45, 7) is 3.93. The zero-order chi connectivity index (χ0) is 26.6. The molecule has 0 spiro atoms. The van der Waals surface area contributed by atoms with Gasteiger partial charge in [0.05, 0.1) is 10.6 Å². The Balaban J connectivity index is 0.000000540. The summed E-state index contributed by atoms with van der Waals surface area (Å²) in [5, 5.41) is 17.8. The fraction of sp³-hybridized carbons (Fsp3) is 0.300. The minimum absolute atomic E-state index is 0.192. The lowest BCUT2D eigenvalue weighted by Crippen LogP contribution is -2.22. The van der Waals surface area contributed by atoms with Crippen LogP contribution in [0.2, 0.25) is 0 Å². The topological polar surface area (TPSA) is 142 Å². The summed E-state index contributed by atoms with van der Waals surface area (Å²) in [4.78, 5) is 17.7. The van der Waals surface area contributed by atoms with E-state index < -0.39 is 22.2 Å². The molecule has 15 heteroatoms. The second-order valence-corrected chi connectivity index (χ2v) is 9.47. The van der Waals surface area contributed by atoms with E-state index in [-0.39, 0.29) is 4.90 Å². The predicted molar refractivity (Wildman–Crippen MR) is 122 cm³/mol. The number of nitrogens with one attached hydrogen (secondary N) is 2. The van der Waals surface area contributed by atoms with Crippen molar-refractivity contribution >= 4 is 39.3 Å². The van der Waals surface area contributed by atoms with Crippen LogP contribution in [0.15, 0.2) is 41.4 Å². The van der Waals surface area contributed by atoms with E-state index in [9.17, 15) is 21.6 Å². The van der Waals surface area contributed by atoms with Gasteiger partial charge in [-0.1, -0.05) is 6.07 Å². The van der Waals surface area contributed by atoms with Crippen molar-refractivity contribution in [2.24, 2.45) is 7.05 Å². The van der Waals surface area contributed by atoms with Gasteiger partial charge >= 0.3 is 12.1 Å². The number of carboxylic acid groups (broad SMARTS) is 1. The molecule has 2 aromatic heterocycles. The van der Waals surface area contributed by atoms with Gasteiger partial charge in [-0.3, -0.25) is 4.68 Å². The van der Waals surface area contributed by atoms with Gasteiger partial charge in [-0.2, -0.15) is 23.3 Å². The molecular formula is C20H24F3N7O4S. The minimum Gasteiger partial charge on any atom is -0.475 e. The fourth-order valence-electron chi connectivity index (χ4n) is 2.62. The summed E-state index contributed by atoms with van der Waals surface area (Å²) in [6.07, 6.45) is -3.46. The van der Waals surface area contributed by atoms with Crippen molar-refractivity contribution in [3.8, 4) is 0 Å². The Morgan fingerprint density at radius 1 is 1.14 bits per heavy atom. The monoisotopic (exact) mass is 515 g/mol. The number of hydrogen-bond acceptors (Lipinski definition) is 8. The first-order chi connectivity index (χ1) is 16.1. The van der Waals surface area contributed by atoms with Crippen molar-refractivity contribution in [3.63, 3.8) is 0 Å². The Labute approximate surface area is 199 Å². The van der Waals surface area contributed by atoms with Gasteiger partial charge < -0.3 is 15.7 Å². The molecule has 3 aromatic rings. The molecule has 0 radical (unpaired) electrons. The number of aromatic nitrogens is 4. The largest absolute Gasteiger partial charge is 0.490 e. The standard InChI is InChI=1S/C18H23N7O2S.C2HF3O2/c1-12-13(2)23-25(5)17(12)21-16-9-10-19-18(22-16)20-14-7-6-8-15(11-14)28(26,27)24(3)4;3-2(4,5)1(6)7/h6-11H,1-5H3,(H2,19,20,21,22);(H,6,7). The van der Waals surface area contributed by atoms with Gasteiger partial charge in [0, 0.05) is 38.6 Å². The van der Waals surface area contributed by atoms with Crippen LogP contribution < -0.4 is 10.6 Å². The number of nitrogens with zero attached hydrogens (tertiary/aromatic N) is 5. The highest BCUT2D eigenvalue weighted by Crippen LogP contribution is 2.23. The number of alkyl halides is 3. The lowest BCUT2D eigenvalue weighted by atomic mass is 10.3. The Morgan fingerprint density at radius 2 is 1.77 bits per heavy atom. The SMILES string of the molecule is Cc1nn(C)c(Nc2ccnc(Nc3cccc(S(=O)(=O)N(C)C)c3)n2)c1C.O=C(O)C(F)(F)F. The van der Waals surface area contributed by atoms with Crippen LogP contribution in [0.4, 0.5) is 36.4 Å². The van der Waals surface area contributed by atoms with Gasteiger partial charge in [-0.25, -0.2) is 22.5 Å². The van der Waals surface area contributed by atoms with E-state index in [1.165, 1.54) is 18.4 Å². The Kier molecular flexibility index (Phi) is 8.41. The molecular weight excluding hydrogens is 491 g/mol. The van der Waals surface area contributed by atoms with E-state index in [4.69, 9.17) is 9.90 Å². The van der Waals surface area contributed by atoms with Crippen molar-refractivity contribution in [2.45, 2.75) is 24.9 Å². The quantitative estimate of drug-likeness (QED) is 0.451. The summed E-state index contributed by atoms with van der Waals surface area (Å²) in [6, 6.07) is 8.27. The lowest BCUT2D eigenvalue weighted by Gasteiger charge is -2.13. The highest BCUT2D eigenvalue weighted by Gasteiger charge is 2.38. The van der Waals surface area contributed by atoms with E-state index >= 15 is 0 Å². The number of halogens is 3. The molecule has 190 valence electrons. The van der Waals surface area contributed by atoms with Crippen molar-refractivity contribution in [3.05, 3.63) is 47.8 Å². The maximum Gasteiger partial charge on any atom is 0.490 e. The second-order valence-electron chi connectivity index (χ2n) is 7.32. The molecule has 35 heavy (non-hydrogen) atoms. The summed E-state index contributed by atoms with van der Waals surface area (Å²) >= 11 is 0. The number of anilines is 4. The van der Waals surface area contributed by atoms with E-state index in [1.807, 2.05) is 20.9 Å². The molecule has 3 rings (SSSR count). The van der Waals surface area contributed by atoms with Crippen LogP contribution in [0, 0.1) is 13.8 Å². The molecule has 11 nitrogen and oxygen atoms in total. The summed E-state index contributed by atoms with van der Waals surface area (Å²) in [5.41, 5.74) is 2.56. The molecule has 0 saturated heterocycles. The predicted octanol–water partition coefficient (Wildman–Crippen LogP) is 3.20. The number of carboxylic acids is 1. The molecule has 0 bridgehead atoms. The second kappa shape index (κ2) is 10.7. The molecule has 0 amide bonds. The van der Waals surface area contributed by atoms with Crippen molar-refractivity contribution in [1.82, 2.24) is 24.1 Å². The van der Waals surface area contributed by atoms with Gasteiger partial charge in [-0.15, -0.1) is 0 Å². The zero-order valence-corrected chi connectivity index (χ0v) is 20.2. The first-order valence-corrected chi connectivity index (χ1v) is 11.3. The van der Waals surface area contributed by atoms with Crippen LogP contribution >= 0.6 is 0 Å². The van der Waals surface area contributed by atoms with Gasteiger partial charge in [0.2, 0.25) is 16.0 Å². The van der Waals surface area contributed by atoms with Gasteiger partial charge in [0.15, 0.2) is 0 Å². The van der Waals surface area contributed by atoms with Crippen LogP contribution in [0.1, 0.15) is 11.3 Å². The number of aryl methyl sites for hydroxylation is 2. The fourth-order valence-corrected chi connectivity index (χ4v) is 3.57. The molecule has 0 aliphatic rings. The molecule has 0 atom stereocenters. The summed E-state index contributed by atoms with van der Waals surface area (Å²) < 4.78 is 59.3. The van der Waals surface area contributed by atoms with E-state index in [0.29, 0.717) is 17.5 Å². The smallest absolute Gasteiger partial charge is 0.475 e. The van der Waals surface area contributed by atoms with E-state index in [1.54, 1.807) is 41.2 Å². The molecule has 0 fully saturated rings. The van der Waals surface area contributed by atoms with Crippen molar-refractivity contribution in [1.29, 1.82) is 0 Å². The molecule has 0 aliphatic heterocycles. The maximum absolute atomic E-state index is 12.3. The Morgan fingerprint density at radius 3 is 2.29 bits per heavy atom. The van der Waals surface area contributed by atoms with Crippen molar-refractivity contribution in [2.75, 3.05) is 24.7 Å². The molecule has 0 saturated carbocycles. The zero-order valence-electron chi connectivity index (χ0n) is 19.4. The number of carbonyl (C=O) groups is 1. The first-order valence-electron chi connectivity index (χ1n) is 9.83. The van der Waals surface area contributed by atoms with E-state index in [0.717, 1.165) is 17.1 Å². The maximum atomic E-state index is 12.3. The average molecular weight is 516 g/mol. The molecule has 0 aliphatic carbocycles. The number of sulfonamides is 1. The van der Waals surface area contributed by atoms with Crippen LogP contribution in [0.25, 0.3) is 0 Å². The summed E-state index contributed by atoms with van der Waals surface area (Å²) in [7, 11) is 1.33. The Bertz CT molecular complexity index is 1310. The number of hydrogen-bond donors (Lipinski definition) is 3. The number of aliphatic carboxylic acids is 1. The molecule has 2 heterocycles.